The predicted molar refractivity (Wildman–Crippen MR) is 174 cm³/mol. The lowest BCUT2D eigenvalue weighted by molar-refractivity contribution is 0.306. The van der Waals surface area contributed by atoms with E-state index in [2.05, 4.69) is 40.4 Å². The van der Waals surface area contributed by atoms with Gasteiger partial charge in [0.2, 0.25) is 0 Å². The second kappa shape index (κ2) is 12.3. The molecule has 1 fully saturated rings. The van der Waals surface area contributed by atoms with Gasteiger partial charge in [0.1, 0.15) is 18.2 Å². The summed E-state index contributed by atoms with van der Waals surface area (Å²) in [5.74, 6) is 1.75. The van der Waals surface area contributed by atoms with Crippen LogP contribution in [0.1, 0.15) is 66.4 Å². The number of nitrogens with zero attached hydrogens (tertiary/aromatic N) is 4. The highest BCUT2D eigenvalue weighted by atomic mass is 79.9. The molecule has 6 nitrogen and oxygen atoms in total. The molecule has 214 valence electrons. The van der Waals surface area contributed by atoms with E-state index in [9.17, 15) is 4.79 Å². The average molecular weight is 644 g/mol. The maximum atomic E-state index is 13.7. The minimum atomic E-state index is -0.140. The first kappa shape index (κ1) is 28.4. The van der Waals surface area contributed by atoms with Crippen LogP contribution in [0.3, 0.4) is 0 Å². The van der Waals surface area contributed by atoms with Crippen molar-refractivity contribution in [1.82, 2.24) is 14.2 Å². The van der Waals surface area contributed by atoms with Crippen LogP contribution in [0.15, 0.2) is 87.2 Å². The first-order valence-corrected chi connectivity index (χ1v) is 15.5. The Morgan fingerprint density at radius 1 is 1.02 bits per heavy atom. The van der Waals surface area contributed by atoms with Crippen LogP contribution in [0, 0.1) is 13.8 Å². The van der Waals surface area contributed by atoms with E-state index >= 15 is 0 Å². The number of fused-ring (bicyclic) bond motifs is 1. The van der Waals surface area contributed by atoms with Crippen LogP contribution in [-0.4, -0.2) is 20.4 Å². The van der Waals surface area contributed by atoms with E-state index in [-0.39, 0.29) is 11.5 Å². The van der Waals surface area contributed by atoms with Crippen LogP contribution in [0.2, 0.25) is 5.02 Å². The van der Waals surface area contributed by atoms with Crippen molar-refractivity contribution in [1.29, 1.82) is 0 Å². The fraction of sp³-hybridized carbons (Fsp3) is 0.265. The molecule has 0 atom stereocenters. The first-order valence-electron chi connectivity index (χ1n) is 14.3. The quantitative estimate of drug-likeness (QED) is 0.167. The summed E-state index contributed by atoms with van der Waals surface area (Å²) in [4.78, 5) is 18.7. The lowest BCUT2D eigenvalue weighted by Crippen LogP contribution is -2.25. The van der Waals surface area contributed by atoms with E-state index in [1.54, 1.807) is 6.21 Å². The highest BCUT2D eigenvalue weighted by Crippen LogP contribution is 2.32. The molecule has 2 heterocycles. The van der Waals surface area contributed by atoms with Gasteiger partial charge in [-0.25, -0.2) is 4.98 Å². The molecule has 1 aliphatic rings. The highest BCUT2D eigenvalue weighted by molar-refractivity contribution is 9.10. The van der Waals surface area contributed by atoms with E-state index in [1.807, 2.05) is 66.7 Å². The van der Waals surface area contributed by atoms with Gasteiger partial charge >= 0.3 is 0 Å². The molecule has 8 heteroatoms. The molecule has 0 bridgehead atoms. The van der Waals surface area contributed by atoms with Gasteiger partial charge < -0.3 is 9.30 Å². The number of halogens is 2. The topological polar surface area (TPSA) is 61.4 Å². The monoisotopic (exact) mass is 642 g/mol. The molecular formula is C34H32BrClN4O2. The molecule has 5 aromatic rings. The highest BCUT2D eigenvalue weighted by Gasteiger charge is 2.22. The summed E-state index contributed by atoms with van der Waals surface area (Å²) >= 11 is 9.77. The molecular weight excluding hydrogens is 612 g/mol. The smallest absolute Gasteiger partial charge is 0.282 e. The summed E-state index contributed by atoms with van der Waals surface area (Å²) in [5, 5.41) is 6.03. The normalized spacial score (nSPS) is 14.2. The molecule has 1 saturated carbocycles. The van der Waals surface area contributed by atoms with E-state index in [1.165, 1.54) is 11.1 Å². The van der Waals surface area contributed by atoms with Crippen LogP contribution in [-0.2, 0) is 6.61 Å². The van der Waals surface area contributed by atoms with Crippen LogP contribution in [0.4, 0.5) is 0 Å². The van der Waals surface area contributed by atoms with Gasteiger partial charge in [-0.1, -0.05) is 65.0 Å². The van der Waals surface area contributed by atoms with E-state index < -0.39 is 0 Å². The fourth-order valence-electron chi connectivity index (χ4n) is 5.81. The number of rotatable bonds is 7. The molecule has 6 rings (SSSR count). The Hall–Kier alpha value is -3.68. The number of hydrogen-bond acceptors (Lipinski definition) is 4. The third-order valence-electron chi connectivity index (χ3n) is 8.03. The molecule has 2 aromatic heterocycles. The molecule has 1 aliphatic carbocycles. The third kappa shape index (κ3) is 5.81. The SMILES string of the molecule is Cc1cc(C=Nn2c(C3CCCCC3)nc3ccc(Br)cc3c2=O)c(C)n1-c1ccc(OCc2ccccc2Cl)cc1. The largest absolute Gasteiger partial charge is 0.489 e. The number of hydrogen-bond donors (Lipinski definition) is 0. The Labute approximate surface area is 258 Å². The summed E-state index contributed by atoms with van der Waals surface area (Å²) in [6, 6.07) is 23.5. The number of ether oxygens (including phenoxy) is 1. The Balaban J connectivity index is 1.30. The summed E-state index contributed by atoms with van der Waals surface area (Å²) < 4.78 is 10.5. The van der Waals surface area contributed by atoms with Crippen molar-refractivity contribution >= 4 is 44.6 Å². The Bertz CT molecular complexity index is 1840. The summed E-state index contributed by atoms with van der Waals surface area (Å²) in [7, 11) is 0. The third-order valence-corrected chi connectivity index (χ3v) is 8.90. The maximum absolute atomic E-state index is 13.7. The maximum Gasteiger partial charge on any atom is 0.282 e. The molecule has 0 N–H and O–H groups in total. The van der Waals surface area contributed by atoms with E-state index in [0.29, 0.717) is 22.5 Å². The van der Waals surface area contributed by atoms with Gasteiger partial charge in [0, 0.05) is 43.6 Å². The average Bonchev–Trinajstić information content (AvgIpc) is 3.29. The molecule has 0 unspecified atom stereocenters. The number of benzene rings is 3. The predicted octanol–water partition coefficient (Wildman–Crippen LogP) is 8.73. The molecule has 42 heavy (non-hydrogen) atoms. The van der Waals surface area contributed by atoms with Gasteiger partial charge in [-0.2, -0.15) is 9.78 Å². The molecule has 0 amide bonds. The van der Waals surface area contributed by atoms with Crippen molar-refractivity contribution in [2.75, 3.05) is 0 Å². The molecule has 0 radical (unpaired) electrons. The van der Waals surface area contributed by atoms with Crippen molar-refractivity contribution in [3.8, 4) is 11.4 Å². The van der Waals surface area contributed by atoms with Crippen molar-refractivity contribution < 1.29 is 4.74 Å². The zero-order valence-corrected chi connectivity index (χ0v) is 26.0. The van der Waals surface area contributed by atoms with Crippen molar-refractivity contribution in [3.63, 3.8) is 0 Å². The van der Waals surface area contributed by atoms with Crippen LogP contribution in [0.5, 0.6) is 5.75 Å². The Kier molecular flexibility index (Phi) is 8.31. The first-order chi connectivity index (χ1) is 20.4. The molecule has 0 aliphatic heterocycles. The lowest BCUT2D eigenvalue weighted by atomic mass is 9.88. The Morgan fingerprint density at radius 3 is 2.55 bits per heavy atom. The molecule has 0 saturated heterocycles. The summed E-state index contributed by atoms with van der Waals surface area (Å²) in [5.41, 5.74) is 5.59. The second-order valence-corrected chi connectivity index (χ2v) is 12.2. The molecule has 0 spiro atoms. The summed E-state index contributed by atoms with van der Waals surface area (Å²) in [6.45, 7) is 4.54. The Morgan fingerprint density at radius 2 is 1.79 bits per heavy atom. The van der Waals surface area contributed by atoms with Crippen LogP contribution in [0.25, 0.3) is 16.6 Å². The lowest BCUT2D eigenvalue weighted by Gasteiger charge is -2.22. The number of aromatic nitrogens is 3. The van der Waals surface area contributed by atoms with Gasteiger partial charge in [0.15, 0.2) is 0 Å². The van der Waals surface area contributed by atoms with Gasteiger partial charge in [-0.15, -0.1) is 0 Å². The van der Waals surface area contributed by atoms with Gasteiger partial charge in [-0.05, 0) is 81.3 Å². The van der Waals surface area contributed by atoms with E-state index in [0.717, 1.165) is 69.9 Å². The van der Waals surface area contributed by atoms with Crippen molar-refractivity contribution in [2.24, 2.45) is 5.10 Å². The van der Waals surface area contributed by atoms with Crippen molar-refractivity contribution in [3.05, 3.63) is 121 Å². The van der Waals surface area contributed by atoms with Gasteiger partial charge in [0.25, 0.3) is 5.56 Å². The van der Waals surface area contributed by atoms with Gasteiger partial charge in [0.05, 0.1) is 17.1 Å². The number of aryl methyl sites for hydroxylation is 1. The fourth-order valence-corrected chi connectivity index (χ4v) is 6.36. The molecule has 3 aromatic carbocycles. The minimum absolute atomic E-state index is 0.140. The van der Waals surface area contributed by atoms with Crippen LogP contribution < -0.4 is 10.3 Å². The van der Waals surface area contributed by atoms with Gasteiger partial charge in [-0.3, -0.25) is 4.79 Å². The zero-order valence-electron chi connectivity index (χ0n) is 23.7. The minimum Gasteiger partial charge on any atom is -0.489 e. The second-order valence-electron chi connectivity index (χ2n) is 10.9. The zero-order chi connectivity index (χ0) is 29.2. The van der Waals surface area contributed by atoms with Crippen LogP contribution >= 0.6 is 27.5 Å². The summed E-state index contributed by atoms with van der Waals surface area (Å²) in [6.07, 6.45) is 7.36. The van der Waals surface area contributed by atoms with E-state index in [4.69, 9.17) is 26.4 Å². The van der Waals surface area contributed by atoms with Crippen molar-refractivity contribution in [2.45, 2.75) is 58.5 Å². The standard InChI is InChI=1S/C34H32BrClN4O2/c1-22-18-26(23(2)39(22)28-13-15-29(16-14-28)42-21-25-10-6-7-11-31(25)36)20-37-40-33(24-8-4-3-5-9-24)38-32-17-12-27(35)19-30(32)34(40)41/h6-7,10-20,24H,3-5,8-9,21H2,1-2H3.